The van der Waals surface area contributed by atoms with Crippen molar-refractivity contribution in [3.8, 4) is 0 Å². The fourth-order valence-electron chi connectivity index (χ4n) is 4.85. The van der Waals surface area contributed by atoms with Crippen molar-refractivity contribution in [2.24, 2.45) is 17.1 Å². The highest BCUT2D eigenvalue weighted by Gasteiger charge is 2.59. The van der Waals surface area contributed by atoms with Gasteiger partial charge in [-0.3, -0.25) is 9.59 Å². The van der Waals surface area contributed by atoms with Gasteiger partial charge < -0.3 is 16.2 Å². The average Bonchev–Trinajstić information content (AvgIpc) is 3.18. The maximum Gasteiger partial charge on any atom is 0.408 e. The lowest BCUT2D eigenvalue weighted by Gasteiger charge is -2.21. The molecular formula is C21H26F3N5O3. The molecule has 0 bridgehead atoms. The first-order valence-electron chi connectivity index (χ1n) is 10.8. The quantitative estimate of drug-likeness (QED) is 0.473. The van der Waals surface area contributed by atoms with Crippen molar-refractivity contribution in [1.82, 2.24) is 19.9 Å². The average molecular weight is 453 g/mol. The Morgan fingerprint density at radius 2 is 2.00 bits per heavy atom. The van der Waals surface area contributed by atoms with Crippen molar-refractivity contribution >= 4 is 17.5 Å². The Morgan fingerprint density at radius 1 is 1.31 bits per heavy atom. The van der Waals surface area contributed by atoms with Crippen LogP contribution in [0, 0.1) is 11.3 Å². The van der Waals surface area contributed by atoms with Crippen LogP contribution in [0.5, 0.6) is 0 Å². The Labute approximate surface area is 182 Å². The second-order valence-electron chi connectivity index (χ2n) is 8.95. The number of hydrogen-bond acceptors (Lipinski definition) is 5. The number of aromatic nitrogens is 3. The highest BCUT2D eigenvalue weighted by Crippen LogP contribution is 2.40. The number of aliphatic carboxylic acids is 1. The molecule has 8 nitrogen and oxygen atoms in total. The summed E-state index contributed by atoms with van der Waals surface area (Å²) in [6, 6.07) is -0.898. The topological polar surface area (TPSA) is 123 Å². The maximum atomic E-state index is 13.1. The number of amides is 1. The third kappa shape index (κ3) is 4.17. The number of fused-ring (bicyclic) bond motifs is 1. The van der Waals surface area contributed by atoms with Gasteiger partial charge in [-0.15, -0.1) is 0 Å². The molecule has 0 radical (unpaired) electrons. The summed E-state index contributed by atoms with van der Waals surface area (Å²) >= 11 is 0. The summed E-state index contributed by atoms with van der Waals surface area (Å²) in [6.07, 6.45) is 3.80. The number of carboxylic acids is 1. The first-order chi connectivity index (χ1) is 15.1. The highest BCUT2D eigenvalue weighted by molar-refractivity contribution is 6.04. The molecule has 2 aromatic rings. The predicted octanol–water partition coefficient (Wildman–Crippen LogP) is 2.76. The van der Waals surface area contributed by atoms with Crippen LogP contribution in [-0.4, -0.2) is 43.8 Å². The minimum absolute atomic E-state index is 0.253. The number of nitrogens with zero attached hydrogens (tertiary/aromatic N) is 3. The minimum Gasteiger partial charge on any atom is -0.480 e. The van der Waals surface area contributed by atoms with Gasteiger partial charge in [0.05, 0.1) is 24.1 Å². The number of imidazole rings is 1. The largest absolute Gasteiger partial charge is 0.480 e. The molecule has 0 spiro atoms. The Balaban J connectivity index is 1.58. The predicted molar refractivity (Wildman–Crippen MR) is 107 cm³/mol. The lowest BCUT2D eigenvalue weighted by atomic mass is 9.79. The third-order valence-electron chi connectivity index (χ3n) is 6.75. The number of nitrogens with one attached hydrogen (secondary N) is 1. The fourth-order valence-corrected chi connectivity index (χ4v) is 4.85. The molecular weight excluding hydrogens is 427 g/mol. The van der Waals surface area contributed by atoms with Crippen molar-refractivity contribution < 1.29 is 27.9 Å². The number of hydrogen-bond donors (Lipinski definition) is 3. The minimum atomic E-state index is -4.72. The van der Waals surface area contributed by atoms with Crippen LogP contribution in [0.1, 0.15) is 62.2 Å². The molecule has 0 unspecified atom stereocenters. The number of carbonyl (C=O) groups is 2. The zero-order chi connectivity index (χ0) is 23.1. The van der Waals surface area contributed by atoms with Crippen LogP contribution in [0.3, 0.4) is 0 Å². The van der Waals surface area contributed by atoms with E-state index in [1.807, 2.05) is 0 Å². The van der Waals surface area contributed by atoms with Crippen molar-refractivity contribution in [1.29, 1.82) is 0 Å². The molecule has 174 valence electrons. The van der Waals surface area contributed by atoms with E-state index in [1.54, 1.807) is 17.6 Å². The Hall–Kier alpha value is -2.69. The molecule has 1 aliphatic heterocycles. The molecule has 4 N–H and O–H groups in total. The number of carboxylic acid groups (broad SMARTS) is 1. The second-order valence-corrected chi connectivity index (χ2v) is 8.95. The molecule has 2 fully saturated rings. The van der Waals surface area contributed by atoms with Crippen LogP contribution >= 0.6 is 0 Å². The Kier molecular flexibility index (Phi) is 5.87. The molecule has 0 aromatic carbocycles. The summed E-state index contributed by atoms with van der Waals surface area (Å²) in [5.74, 6) is -2.42. The van der Waals surface area contributed by atoms with E-state index in [2.05, 4.69) is 10.1 Å². The molecule has 2 aliphatic rings. The first kappa shape index (κ1) is 22.5. The number of halogens is 3. The van der Waals surface area contributed by atoms with Gasteiger partial charge in [-0.25, -0.2) is 9.50 Å². The van der Waals surface area contributed by atoms with Gasteiger partial charge in [0, 0.05) is 6.42 Å². The molecule has 32 heavy (non-hydrogen) atoms. The highest BCUT2D eigenvalue weighted by atomic mass is 19.4. The smallest absolute Gasteiger partial charge is 0.408 e. The molecule has 3 heterocycles. The summed E-state index contributed by atoms with van der Waals surface area (Å²) in [6.45, 7) is 0. The van der Waals surface area contributed by atoms with Gasteiger partial charge in [0.2, 0.25) is 5.91 Å². The van der Waals surface area contributed by atoms with Gasteiger partial charge in [-0.1, -0.05) is 25.7 Å². The number of alkyl halides is 3. The van der Waals surface area contributed by atoms with Crippen LogP contribution < -0.4 is 11.1 Å². The molecule has 11 heteroatoms. The second kappa shape index (κ2) is 8.34. The van der Waals surface area contributed by atoms with Crippen LogP contribution in [-0.2, 0) is 16.0 Å². The van der Waals surface area contributed by atoms with Crippen molar-refractivity contribution in [3.05, 3.63) is 29.7 Å². The lowest BCUT2D eigenvalue weighted by Crippen LogP contribution is -2.41. The third-order valence-corrected chi connectivity index (χ3v) is 6.75. The Bertz CT molecular complexity index is 1020. The van der Waals surface area contributed by atoms with E-state index < -0.39 is 42.4 Å². The van der Waals surface area contributed by atoms with Gasteiger partial charge in [0.1, 0.15) is 6.04 Å². The zero-order valence-electron chi connectivity index (χ0n) is 17.4. The van der Waals surface area contributed by atoms with Gasteiger partial charge >= 0.3 is 12.1 Å². The molecule has 1 amide bonds. The summed E-state index contributed by atoms with van der Waals surface area (Å²) in [4.78, 5) is 28.7. The van der Waals surface area contributed by atoms with Gasteiger partial charge in [-0.2, -0.15) is 18.3 Å². The Morgan fingerprint density at radius 3 is 2.59 bits per heavy atom. The summed E-state index contributed by atoms with van der Waals surface area (Å²) in [5, 5.41) is 15.7. The summed E-state index contributed by atoms with van der Waals surface area (Å²) in [5.41, 5.74) is 5.65. The van der Waals surface area contributed by atoms with E-state index in [-0.39, 0.29) is 6.04 Å². The number of nitrogens with two attached hydrogens (primary N) is 1. The van der Waals surface area contributed by atoms with E-state index in [1.165, 1.54) is 23.6 Å². The molecule has 4 rings (SSSR count). The van der Waals surface area contributed by atoms with Crippen LogP contribution in [0.25, 0.3) is 5.65 Å². The maximum absolute atomic E-state index is 13.1. The standard InChI is InChI=1S/C21H26F3N5O3/c22-21(23,24)15-9-20(19(31)32,18(30)28-15)8-12-7-16-27-14(11-29(16)26-10-12)17(25)13-5-3-1-2-4-6-13/h7,10-11,13,15,17H,1-6,8-9,25H2,(H,28,30)(H,31,32)/t15-,17-,20-/m0/s1. The molecule has 1 aliphatic carbocycles. The van der Waals surface area contributed by atoms with Crippen molar-refractivity contribution in [2.75, 3.05) is 0 Å². The van der Waals surface area contributed by atoms with E-state index in [9.17, 15) is 27.9 Å². The van der Waals surface area contributed by atoms with E-state index in [0.717, 1.165) is 25.7 Å². The van der Waals surface area contributed by atoms with Crippen molar-refractivity contribution in [2.45, 2.75) is 69.6 Å². The van der Waals surface area contributed by atoms with Gasteiger partial charge in [-0.05, 0) is 36.8 Å². The van der Waals surface area contributed by atoms with Crippen LogP contribution in [0.15, 0.2) is 18.5 Å². The first-order valence-corrected chi connectivity index (χ1v) is 10.8. The van der Waals surface area contributed by atoms with Gasteiger partial charge in [0.25, 0.3) is 0 Å². The zero-order valence-corrected chi connectivity index (χ0v) is 17.4. The molecule has 1 saturated carbocycles. The monoisotopic (exact) mass is 453 g/mol. The SMILES string of the molecule is N[C@H](c1cn2ncc(C[C@]3(C(=O)O)C[C@@H](C(F)(F)F)NC3=O)cc2n1)C1CCCCCC1. The molecule has 1 saturated heterocycles. The van der Waals surface area contributed by atoms with E-state index in [4.69, 9.17) is 5.73 Å². The van der Waals surface area contributed by atoms with E-state index >= 15 is 0 Å². The van der Waals surface area contributed by atoms with Crippen molar-refractivity contribution in [3.63, 3.8) is 0 Å². The summed E-state index contributed by atoms with van der Waals surface area (Å²) < 4.78 is 40.8. The number of rotatable bonds is 5. The van der Waals surface area contributed by atoms with E-state index in [0.29, 0.717) is 22.8 Å². The normalized spacial score (nSPS) is 26.1. The number of carbonyl (C=O) groups excluding carboxylic acids is 1. The molecule has 2 aromatic heterocycles. The fraction of sp³-hybridized carbons (Fsp3) is 0.619. The van der Waals surface area contributed by atoms with Crippen LogP contribution in [0.2, 0.25) is 0 Å². The lowest BCUT2D eigenvalue weighted by molar-refractivity contribution is -0.157. The molecule has 3 atom stereocenters. The van der Waals surface area contributed by atoms with Crippen LogP contribution in [0.4, 0.5) is 13.2 Å². The van der Waals surface area contributed by atoms with Gasteiger partial charge in [0.15, 0.2) is 11.1 Å². The summed E-state index contributed by atoms with van der Waals surface area (Å²) in [7, 11) is 0.